The van der Waals surface area contributed by atoms with Crippen molar-refractivity contribution < 1.29 is 0 Å². The van der Waals surface area contributed by atoms with Gasteiger partial charge >= 0.3 is 0 Å². The first-order chi connectivity index (χ1) is 13.2. The quantitative estimate of drug-likeness (QED) is 0.409. The van der Waals surface area contributed by atoms with E-state index in [2.05, 4.69) is 112 Å². The molecule has 0 nitrogen and oxygen atoms in total. The summed E-state index contributed by atoms with van der Waals surface area (Å²) >= 11 is 0. The minimum absolute atomic E-state index is 0.239. The molecule has 1 rings (SSSR count). The predicted molar refractivity (Wildman–Crippen MR) is 136 cm³/mol. The van der Waals surface area contributed by atoms with Gasteiger partial charge in [-0.25, -0.2) is 0 Å². The number of hydrogen-bond acceptors (Lipinski definition) is 0. The van der Waals surface area contributed by atoms with E-state index in [0.717, 1.165) is 6.42 Å². The third-order valence-corrected chi connectivity index (χ3v) is 3.93. The van der Waals surface area contributed by atoms with Gasteiger partial charge in [-0.3, -0.25) is 0 Å². The molecule has 28 heavy (non-hydrogen) atoms. The first-order valence-electron chi connectivity index (χ1n) is 11.2. The van der Waals surface area contributed by atoms with Crippen LogP contribution in [0.2, 0.25) is 0 Å². The van der Waals surface area contributed by atoms with E-state index in [9.17, 15) is 0 Å². The second kappa shape index (κ2) is 21.7. The van der Waals surface area contributed by atoms with Gasteiger partial charge < -0.3 is 0 Å². The van der Waals surface area contributed by atoms with Crippen LogP contribution in [0.3, 0.4) is 0 Å². The zero-order chi connectivity index (χ0) is 22.4. The molecule has 162 valence electrons. The van der Waals surface area contributed by atoms with Gasteiger partial charge in [0.05, 0.1) is 0 Å². The zero-order valence-electron chi connectivity index (χ0n) is 20.5. The molecule has 0 amide bonds. The zero-order valence-corrected chi connectivity index (χ0v) is 20.5. The maximum atomic E-state index is 4.16. The average molecular weight is 387 g/mol. The Morgan fingerprint density at radius 2 is 1.21 bits per heavy atom. The summed E-state index contributed by atoms with van der Waals surface area (Å²) in [4.78, 5) is 0. The van der Waals surface area contributed by atoms with Crippen LogP contribution in [-0.4, -0.2) is 0 Å². The fraction of sp³-hybridized carbons (Fsp3) is 0.571. The number of allylic oxidation sites excluding steroid dienone is 2. The van der Waals surface area contributed by atoms with Gasteiger partial charge in [-0.15, -0.1) is 13.2 Å². The van der Waals surface area contributed by atoms with Crippen molar-refractivity contribution in [2.45, 2.75) is 100 Å². The highest BCUT2D eigenvalue weighted by atomic mass is 14.1. The highest BCUT2D eigenvalue weighted by molar-refractivity contribution is 5.65. The van der Waals surface area contributed by atoms with Gasteiger partial charge in [0, 0.05) is 0 Å². The minimum atomic E-state index is 0.239. The van der Waals surface area contributed by atoms with Gasteiger partial charge in [0.25, 0.3) is 0 Å². The molecule has 1 aromatic rings. The summed E-state index contributed by atoms with van der Waals surface area (Å²) in [6.07, 6.45) is 13.3. The molecule has 0 atom stereocenters. The number of hydrogen-bond donors (Lipinski definition) is 0. The minimum Gasteiger partial charge on any atom is -0.106 e. The standard InChI is InChI=1S/C18H26.2C4H10.C2H4/c1-6-7-8-15(2)17-11-9-16(10-12-17)13-14-18(3,4)5;2*1-3-4-2;1-2/h9-14H,2,6-8H2,1,3-5H3;2*3-4H2,1-2H3;1-2H2/b14-13+;;;. The van der Waals surface area contributed by atoms with Crippen molar-refractivity contribution in [3.8, 4) is 0 Å². The Morgan fingerprint density at radius 3 is 1.54 bits per heavy atom. The van der Waals surface area contributed by atoms with Gasteiger partial charge in [0.15, 0.2) is 0 Å². The molecule has 0 heterocycles. The summed E-state index contributed by atoms with van der Waals surface area (Å²) in [6, 6.07) is 8.71. The lowest BCUT2D eigenvalue weighted by Gasteiger charge is -2.11. The second-order valence-electron chi connectivity index (χ2n) is 8.03. The number of unbranched alkanes of at least 4 members (excludes halogenated alkanes) is 3. The maximum absolute atomic E-state index is 4.16. The highest BCUT2D eigenvalue weighted by Crippen LogP contribution is 2.21. The summed E-state index contributed by atoms with van der Waals surface area (Å²) in [5.41, 5.74) is 4.03. The van der Waals surface area contributed by atoms with Gasteiger partial charge in [-0.05, 0) is 35.0 Å². The lowest BCUT2D eigenvalue weighted by Crippen LogP contribution is -1.97. The van der Waals surface area contributed by atoms with Crippen molar-refractivity contribution in [3.63, 3.8) is 0 Å². The first kappa shape index (κ1) is 31.1. The monoisotopic (exact) mass is 386 g/mol. The van der Waals surface area contributed by atoms with Crippen molar-refractivity contribution >= 4 is 11.6 Å². The van der Waals surface area contributed by atoms with Crippen LogP contribution in [0.5, 0.6) is 0 Å². The summed E-state index contributed by atoms with van der Waals surface area (Å²) in [5.74, 6) is 0. The predicted octanol–water partition coefficient (Wildman–Crippen LogP) is 10.4. The second-order valence-corrected chi connectivity index (χ2v) is 8.03. The molecule has 0 bridgehead atoms. The van der Waals surface area contributed by atoms with E-state index >= 15 is 0 Å². The third kappa shape index (κ3) is 22.5. The topological polar surface area (TPSA) is 0 Å². The van der Waals surface area contributed by atoms with Crippen LogP contribution in [0, 0.1) is 5.41 Å². The maximum Gasteiger partial charge on any atom is -0.0200 e. The van der Waals surface area contributed by atoms with E-state index < -0.39 is 0 Å². The molecular weight excluding hydrogens is 336 g/mol. The molecule has 0 fully saturated rings. The fourth-order valence-corrected chi connectivity index (χ4v) is 1.71. The summed E-state index contributed by atoms with van der Waals surface area (Å²) in [5, 5.41) is 0. The lowest BCUT2D eigenvalue weighted by molar-refractivity contribution is 0.547. The van der Waals surface area contributed by atoms with Gasteiger partial charge in [-0.2, -0.15) is 0 Å². The van der Waals surface area contributed by atoms with E-state index in [0.29, 0.717) is 0 Å². The number of benzene rings is 1. The molecule has 0 N–H and O–H groups in total. The molecule has 0 radical (unpaired) electrons. The molecule has 1 aromatic carbocycles. The SMILES string of the molecule is C=C.C=C(CCCC)c1ccc(/C=C/C(C)(C)C)cc1.CCCC.CCCC. The Kier molecular flexibility index (Phi) is 24.2. The van der Waals surface area contributed by atoms with E-state index in [4.69, 9.17) is 0 Å². The highest BCUT2D eigenvalue weighted by Gasteiger charge is 2.03. The molecule has 0 aromatic heterocycles. The van der Waals surface area contributed by atoms with Gasteiger partial charge in [0.1, 0.15) is 0 Å². The number of rotatable bonds is 7. The van der Waals surface area contributed by atoms with Crippen LogP contribution in [0.15, 0.2) is 50.1 Å². The van der Waals surface area contributed by atoms with Gasteiger partial charge in [0.2, 0.25) is 0 Å². The van der Waals surface area contributed by atoms with Crippen LogP contribution in [0.25, 0.3) is 11.6 Å². The van der Waals surface area contributed by atoms with E-state index in [-0.39, 0.29) is 5.41 Å². The van der Waals surface area contributed by atoms with Crippen LogP contribution in [0.4, 0.5) is 0 Å². The molecule has 0 spiro atoms. The summed E-state index contributed by atoms with van der Waals surface area (Å²) in [7, 11) is 0. The molecule has 0 aliphatic carbocycles. The summed E-state index contributed by atoms with van der Waals surface area (Å²) in [6.45, 7) is 27.7. The summed E-state index contributed by atoms with van der Waals surface area (Å²) < 4.78 is 0. The van der Waals surface area contributed by atoms with Crippen molar-refractivity contribution in [1.82, 2.24) is 0 Å². The van der Waals surface area contributed by atoms with E-state index in [1.807, 2.05) is 0 Å². The first-order valence-corrected chi connectivity index (χ1v) is 11.2. The van der Waals surface area contributed by atoms with Crippen molar-refractivity contribution in [3.05, 3.63) is 61.2 Å². The largest absolute Gasteiger partial charge is 0.106 e. The molecule has 0 saturated heterocycles. The van der Waals surface area contributed by atoms with E-state index in [1.54, 1.807) is 0 Å². The van der Waals surface area contributed by atoms with Crippen LogP contribution < -0.4 is 0 Å². The Bertz CT molecular complexity index is 460. The Labute approximate surface area is 178 Å². The Hall–Kier alpha value is -1.56. The fourth-order valence-electron chi connectivity index (χ4n) is 1.71. The molecule has 0 unspecified atom stereocenters. The van der Waals surface area contributed by atoms with Crippen LogP contribution in [0.1, 0.15) is 111 Å². The van der Waals surface area contributed by atoms with Crippen molar-refractivity contribution in [2.24, 2.45) is 5.41 Å². The molecule has 0 heteroatoms. The smallest absolute Gasteiger partial charge is 0.0200 e. The molecule has 0 aliphatic rings. The van der Waals surface area contributed by atoms with Gasteiger partial charge in [-0.1, -0.05) is 130 Å². The van der Waals surface area contributed by atoms with Crippen LogP contribution >= 0.6 is 0 Å². The molecular formula is C28H50. The molecule has 0 aliphatic heterocycles. The van der Waals surface area contributed by atoms with Crippen molar-refractivity contribution in [1.29, 1.82) is 0 Å². The Balaban J connectivity index is -0.000000522. The van der Waals surface area contributed by atoms with Crippen LogP contribution in [-0.2, 0) is 0 Å². The molecule has 0 saturated carbocycles. The van der Waals surface area contributed by atoms with E-state index in [1.165, 1.54) is 55.2 Å². The average Bonchev–Trinajstić information content (AvgIpc) is 2.72. The van der Waals surface area contributed by atoms with Crippen molar-refractivity contribution in [2.75, 3.05) is 0 Å². The lowest BCUT2D eigenvalue weighted by atomic mass is 9.95. The normalized spacial score (nSPS) is 10.0. The third-order valence-electron chi connectivity index (χ3n) is 3.93. The Morgan fingerprint density at radius 1 is 0.786 bits per heavy atom.